The number of ether oxygens (including phenoxy) is 3. The minimum absolute atomic E-state index is 0.457. The maximum atomic E-state index is 6.27. The van der Waals surface area contributed by atoms with Crippen LogP contribution in [0.15, 0.2) is 24.5 Å². The van der Waals surface area contributed by atoms with Crippen molar-refractivity contribution in [3.63, 3.8) is 0 Å². The molecule has 9 heteroatoms. The summed E-state index contributed by atoms with van der Waals surface area (Å²) in [5.74, 6) is 2.50. The van der Waals surface area contributed by atoms with Gasteiger partial charge >= 0.3 is 0 Å². The Morgan fingerprint density at radius 2 is 1.93 bits per heavy atom. The number of nitrogen functional groups attached to an aromatic ring is 1. The Labute approximate surface area is 165 Å². The van der Waals surface area contributed by atoms with Gasteiger partial charge in [-0.1, -0.05) is 0 Å². The highest BCUT2D eigenvalue weighted by Crippen LogP contribution is 2.33. The van der Waals surface area contributed by atoms with Crippen molar-refractivity contribution in [1.82, 2.24) is 14.9 Å². The summed E-state index contributed by atoms with van der Waals surface area (Å²) in [6, 6.07) is 5.48. The third-order valence-electron chi connectivity index (χ3n) is 4.59. The first-order valence-electron chi connectivity index (χ1n) is 9.34. The third-order valence-corrected chi connectivity index (χ3v) is 4.59. The SMILES string of the molecule is COc1ccc(OC)c(Nc2ncnc(NCCCN3CCOCC3)c2N)c1. The van der Waals surface area contributed by atoms with Crippen molar-refractivity contribution in [2.75, 3.05) is 70.0 Å². The molecule has 2 aromatic rings. The molecule has 0 bridgehead atoms. The average molecular weight is 388 g/mol. The Hall–Kier alpha value is -2.78. The third kappa shape index (κ3) is 5.14. The molecule has 0 amide bonds. The lowest BCUT2D eigenvalue weighted by Crippen LogP contribution is -2.37. The van der Waals surface area contributed by atoms with Crippen molar-refractivity contribution in [1.29, 1.82) is 0 Å². The van der Waals surface area contributed by atoms with Crippen LogP contribution in [0, 0.1) is 0 Å². The minimum Gasteiger partial charge on any atom is -0.497 e. The molecule has 1 aromatic heterocycles. The van der Waals surface area contributed by atoms with Crippen molar-refractivity contribution in [2.24, 2.45) is 0 Å². The van der Waals surface area contributed by atoms with Crippen LogP contribution in [0.2, 0.25) is 0 Å². The monoisotopic (exact) mass is 388 g/mol. The van der Waals surface area contributed by atoms with Crippen LogP contribution in [-0.4, -0.2) is 68.5 Å². The molecule has 4 N–H and O–H groups in total. The highest BCUT2D eigenvalue weighted by atomic mass is 16.5. The molecule has 0 saturated carbocycles. The zero-order chi connectivity index (χ0) is 19.8. The summed E-state index contributed by atoms with van der Waals surface area (Å²) >= 11 is 0. The van der Waals surface area contributed by atoms with Gasteiger partial charge in [-0.2, -0.15) is 0 Å². The molecule has 1 aliphatic rings. The van der Waals surface area contributed by atoms with Gasteiger partial charge in [-0.25, -0.2) is 9.97 Å². The lowest BCUT2D eigenvalue weighted by Gasteiger charge is -2.26. The largest absolute Gasteiger partial charge is 0.497 e. The second-order valence-corrected chi connectivity index (χ2v) is 6.41. The van der Waals surface area contributed by atoms with E-state index in [1.807, 2.05) is 18.2 Å². The number of rotatable bonds is 9. The molecular formula is C19H28N6O3. The lowest BCUT2D eigenvalue weighted by atomic mass is 10.2. The van der Waals surface area contributed by atoms with Gasteiger partial charge in [-0.15, -0.1) is 0 Å². The Balaban J connectivity index is 1.61. The normalized spacial score (nSPS) is 14.5. The zero-order valence-corrected chi connectivity index (χ0v) is 16.4. The van der Waals surface area contributed by atoms with Crippen LogP contribution < -0.4 is 25.8 Å². The highest BCUT2D eigenvalue weighted by Gasteiger charge is 2.13. The Bertz CT molecular complexity index is 767. The van der Waals surface area contributed by atoms with Crippen LogP contribution in [0.25, 0.3) is 0 Å². The van der Waals surface area contributed by atoms with Crippen LogP contribution in [0.4, 0.5) is 23.0 Å². The molecule has 9 nitrogen and oxygen atoms in total. The molecule has 1 saturated heterocycles. The first kappa shape index (κ1) is 20.0. The van der Waals surface area contributed by atoms with Gasteiger partial charge in [0.1, 0.15) is 23.5 Å². The van der Waals surface area contributed by atoms with Gasteiger partial charge in [0, 0.05) is 25.7 Å². The number of hydrogen-bond acceptors (Lipinski definition) is 9. The summed E-state index contributed by atoms with van der Waals surface area (Å²) in [7, 11) is 3.22. The average Bonchev–Trinajstić information content (AvgIpc) is 2.74. The van der Waals surface area contributed by atoms with Crippen LogP contribution in [0.1, 0.15) is 6.42 Å². The van der Waals surface area contributed by atoms with E-state index in [2.05, 4.69) is 25.5 Å². The smallest absolute Gasteiger partial charge is 0.159 e. The minimum atomic E-state index is 0.457. The van der Waals surface area contributed by atoms with E-state index in [0.717, 1.165) is 45.8 Å². The number of nitrogens with one attached hydrogen (secondary N) is 2. The Kier molecular flexibility index (Phi) is 7.10. The molecule has 2 heterocycles. The van der Waals surface area contributed by atoms with Crippen LogP contribution in [0.3, 0.4) is 0 Å². The van der Waals surface area contributed by atoms with Gasteiger partial charge < -0.3 is 30.6 Å². The lowest BCUT2D eigenvalue weighted by molar-refractivity contribution is 0.0378. The van der Waals surface area contributed by atoms with E-state index in [1.54, 1.807) is 14.2 Å². The number of morpholine rings is 1. The number of benzene rings is 1. The van der Waals surface area contributed by atoms with E-state index in [9.17, 15) is 0 Å². The van der Waals surface area contributed by atoms with Crippen molar-refractivity contribution >= 4 is 23.0 Å². The maximum Gasteiger partial charge on any atom is 0.159 e. The van der Waals surface area contributed by atoms with Crippen LogP contribution >= 0.6 is 0 Å². The summed E-state index contributed by atoms with van der Waals surface area (Å²) in [5.41, 5.74) is 7.44. The number of nitrogens with two attached hydrogens (primary N) is 1. The second kappa shape index (κ2) is 9.95. The molecule has 152 valence electrons. The van der Waals surface area contributed by atoms with Gasteiger partial charge in [-0.3, -0.25) is 4.90 Å². The van der Waals surface area contributed by atoms with Crippen molar-refractivity contribution < 1.29 is 14.2 Å². The molecule has 0 atom stereocenters. The topological polar surface area (TPSA) is 107 Å². The summed E-state index contributed by atoms with van der Waals surface area (Å²) in [6.07, 6.45) is 2.48. The fourth-order valence-corrected chi connectivity index (χ4v) is 3.01. The standard InChI is InChI=1S/C19H28N6O3/c1-26-14-4-5-16(27-2)15(12-14)24-19-17(20)18(22-13-23-19)21-6-3-7-25-8-10-28-11-9-25/h4-5,12-13H,3,6-11,20H2,1-2H3,(H2,21,22,23,24). The highest BCUT2D eigenvalue weighted by molar-refractivity contribution is 5.79. The molecule has 0 unspecified atom stereocenters. The van der Waals surface area contributed by atoms with E-state index in [0.29, 0.717) is 34.5 Å². The molecule has 3 rings (SSSR count). The second-order valence-electron chi connectivity index (χ2n) is 6.41. The first-order valence-corrected chi connectivity index (χ1v) is 9.34. The molecular weight excluding hydrogens is 360 g/mol. The molecule has 0 aliphatic carbocycles. The quantitative estimate of drug-likeness (QED) is 0.556. The number of hydrogen-bond donors (Lipinski definition) is 3. The first-order chi connectivity index (χ1) is 13.7. The fourth-order valence-electron chi connectivity index (χ4n) is 3.01. The van der Waals surface area contributed by atoms with Gasteiger partial charge in [-0.05, 0) is 25.1 Å². The fraction of sp³-hybridized carbons (Fsp3) is 0.474. The van der Waals surface area contributed by atoms with Crippen molar-refractivity contribution in [3.8, 4) is 11.5 Å². The van der Waals surface area contributed by atoms with Crippen molar-refractivity contribution in [3.05, 3.63) is 24.5 Å². The zero-order valence-electron chi connectivity index (χ0n) is 16.4. The number of aromatic nitrogens is 2. The Morgan fingerprint density at radius 3 is 2.68 bits per heavy atom. The molecule has 1 fully saturated rings. The number of methoxy groups -OCH3 is 2. The molecule has 28 heavy (non-hydrogen) atoms. The Morgan fingerprint density at radius 1 is 1.14 bits per heavy atom. The summed E-state index contributed by atoms with van der Waals surface area (Å²) in [5, 5.41) is 6.51. The van der Waals surface area contributed by atoms with Gasteiger partial charge in [0.15, 0.2) is 11.6 Å². The van der Waals surface area contributed by atoms with E-state index >= 15 is 0 Å². The summed E-state index contributed by atoms with van der Waals surface area (Å²) < 4.78 is 16.0. The van der Waals surface area contributed by atoms with Crippen molar-refractivity contribution in [2.45, 2.75) is 6.42 Å². The molecule has 0 spiro atoms. The van der Waals surface area contributed by atoms with Gasteiger partial charge in [0.25, 0.3) is 0 Å². The summed E-state index contributed by atoms with van der Waals surface area (Å²) in [6.45, 7) is 5.41. The van der Waals surface area contributed by atoms with E-state index in [1.165, 1.54) is 6.33 Å². The van der Waals surface area contributed by atoms with Crippen LogP contribution in [0.5, 0.6) is 11.5 Å². The predicted octanol–water partition coefficient (Wildman–Crippen LogP) is 1.95. The molecule has 0 radical (unpaired) electrons. The number of nitrogens with zero attached hydrogens (tertiary/aromatic N) is 3. The summed E-state index contributed by atoms with van der Waals surface area (Å²) in [4.78, 5) is 10.9. The molecule has 1 aliphatic heterocycles. The van der Waals surface area contributed by atoms with E-state index < -0.39 is 0 Å². The number of anilines is 4. The van der Waals surface area contributed by atoms with Gasteiger partial charge in [0.05, 0.1) is 33.1 Å². The maximum absolute atomic E-state index is 6.27. The predicted molar refractivity (Wildman–Crippen MR) is 110 cm³/mol. The van der Waals surface area contributed by atoms with E-state index in [4.69, 9.17) is 19.9 Å². The molecule has 1 aromatic carbocycles. The van der Waals surface area contributed by atoms with E-state index in [-0.39, 0.29) is 0 Å². The van der Waals surface area contributed by atoms with Crippen LogP contribution in [-0.2, 0) is 4.74 Å². The van der Waals surface area contributed by atoms with Gasteiger partial charge in [0.2, 0.25) is 0 Å².